The Morgan fingerprint density at radius 1 is 1.09 bits per heavy atom. The quantitative estimate of drug-likeness (QED) is 0.603. The largest absolute Gasteiger partial charge is 0.497 e. The summed E-state index contributed by atoms with van der Waals surface area (Å²) in [6, 6.07) is 13.9. The molecule has 2 aromatic carbocycles. The van der Waals surface area contributed by atoms with Gasteiger partial charge in [-0.15, -0.1) is 0 Å². The minimum absolute atomic E-state index is 0.117. The molecule has 0 aromatic heterocycles. The zero-order valence-electron chi connectivity index (χ0n) is 19.7. The maximum absolute atomic E-state index is 13.2. The van der Waals surface area contributed by atoms with E-state index in [2.05, 4.69) is 26.5 Å². The van der Waals surface area contributed by atoms with Crippen LogP contribution in [0.3, 0.4) is 0 Å². The first kappa shape index (κ1) is 24.8. The van der Waals surface area contributed by atoms with E-state index < -0.39 is 6.04 Å². The van der Waals surface area contributed by atoms with Crippen LogP contribution in [0.15, 0.2) is 48.5 Å². The molecule has 0 aliphatic carbocycles. The lowest BCUT2D eigenvalue weighted by atomic mass is 10.1. The van der Waals surface area contributed by atoms with Crippen molar-refractivity contribution in [2.24, 2.45) is 0 Å². The van der Waals surface area contributed by atoms with E-state index in [0.29, 0.717) is 23.8 Å². The number of halogens is 1. The Hall–Kier alpha value is -3.30. The zero-order chi connectivity index (χ0) is 24.8. The van der Waals surface area contributed by atoms with E-state index >= 15 is 0 Å². The molecule has 2 aliphatic rings. The number of rotatable bonds is 7. The fraction of sp³-hybridized carbons (Fsp3) is 0.400. The molecule has 2 N–H and O–H groups in total. The lowest BCUT2D eigenvalue weighted by molar-refractivity contribution is -0.145. The van der Waals surface area contributed by atoms with Crippen LogP contribution in [0.4, 0.5) is 11.4 Å². The standard InChI is InChI=1S/C25H30ClN5O4/c1-35-21-7-3-6-20(15-21)30-12-10-29(11-13-30)17-24(33)31-9-8-27-25(34)22(31)16-23(32)28-19-5-2-4-18(26)14-19/h2-7,14-15,22H,8-13,16-17H2,1H3,(H,27,34)(H,28,32). The van der Waals surface area contributed by atoms with Gasteiger partial charge >= 0.3 is 0 Å². The number of anilines is 2. The molecule has 1 unspecified atom stereocenters. The molecule has 10 heteroatoms. The average Bonchev–Trinajstić information content (AvgIpc) is 2.85. The monoisotopic (exact) mass is 499 g/mol. The van der Waals surface area contributed by atoms with Crippen LogP contribution in [0.25, 0.3) is 0 Å². The molecule has 4 rings (SSSR count). The summed E-state index contributed by atoms with van der Waals surface area (Å²) in [6.07, 6.45) is -0.117. The smallest absolute Gasteiger partial charge is 0.243 e. The van der Waals surface area contributed by atoms with Crippen molar-refractivity contribution >= 4 is 40.7 Å². The van der Waals surface area contributed by atoms with Crippen LogP contribution in [-0.2, 0) is 14.4 Å². The van der Waals surface area contributed by atoms with E-state index in [9.17, 15) is 14.4 Å². The molecule has 3 amide bonds. The molecule has 0 bridgehead atoms. The Bertz CT molecular complexity index is 1070. The Balaban J connectivity index is 1.32. The van der Waals surface area contributed by atoms with E-state index in [0.717, 1.165) is 37.6 Å². The average molecular weight is 500 g/mol. The second-order valence-corrected chi connectivity index (χ2v) is 9.06. The van der Waals surface area contributed by atoms with Gasteiger partial charge in [0.2, 0.25) is 17.7 Å². The molecule has 2 aromatic rings. The molecule has 9 nitrogen and oxygen atoms in total. The Labute approximate surface area is 210 Å². The molecule has 35 heavy (non-hydrogen) atoms. The number of hydrogen-bond acceptors (Lipinski definition) is 6. The Kier molecular flexibility index (Phi) is 8.09. The number of nitrogens with zero attached hydrogens (tertiary/aromatic N) is 3. The zero-order valence-corrected chi connectivity index (χ0v) is 20.5. The first-order valence-corrected chi connectivity index (χ1v) is 12.0. The fourth-order valence-electron chi connectivity index (χ4n) is 4.42. The number of hydrogen-bond donors (Lipinski definition) is 2. The van der Waals surface area contributed by atoms with E-state index in [1.807, 2.05) is 18.2 Å². The van der Waals surface area contributed by atoms with Crippen molar-refractivity contribution in [2.45, 2.75) is 12.5 Å². The molecule has 1 atom stereocenters. The van der Waals surface area contributed by atoms with Crippen molar-refractivity contribution in [3.8, 4) is 5.75 Å². The van der Waals surface area contributed by atoms with Crippen molar-refractivity contribution in [2.75, 3.05) is 63.1 Å². The summed E-state index contributed by atoms with van der Waals surface area (Å²) in [5.41, 5.74) is 1.64. The number of nitrogens with one attached hydrogen (secondary N) is 2. The number of piperazine rings is 2. The molecule has 2 fully saturated rings. The molecule has 2 saturated heterocycles. The molecular weight excluding hydrogens is 470 g/mol. The first-order chi connectivity index (χ1) is 16.9. The molecule has 0 spiro atoms. The van der Waals surface area contributed by atoms with E-state index in [1.165, 1.54) is 4.90 Å². The second kappa shape index (κ2) is 11.4. The Morgan fingerprint density at radius 3 is 2.60 bits per heavy atom. The number of carbonyl (C=O) groups is 3. The third kappa shape index (κ3) is 6.43. The SMILES string of the molecule is COc1cccc(N2CCN(CC(=O)N3CCNC(=O)C3CC(=O)Nc3cccc(Cl)c3)CC2)c1. The predicted molar refractivity (Wildman–Crippen MR) is 135 cm³/mol. The maximum Gasteiger partial charge on any atom is 0.243 e. The van der Waals surface area contributed by atoms with Crippen molar-refractivity contribution in [1.82, 2.24) is 15.1 Å². The van der Waals surface area contributed by atoms with Gasteiger partial charge in [0.1, 0.15) is 11.8 Å². The summed E-state index contributed by atoms with van der Waals surface area (Å²) in [6.45, 7) is 3.99. The van der Waals surface area contributed by atoms with Gasteiger partial charge < -0.3 is 25.2 Å². The highest BCUT2D eigenvalue weighted by molar-refractivity contribution is 6.30. The van der Waals surface area contributed by atoms with Gasteiger partial charge in [-0.1, -0.05) is 23.7 Å². The number of methoxy groups -OCH3 is 1. The van der Waals surface area contributed by atoms with E-state index in [4.69, 9.17) is 16.3 Å². The van der Waals surface area contributed by atoms with Crippen molar-refractivity contribution < 1.29 is 19.1 Å². The van der Waals surface area contributed by atoms with Crippen LogP contribution < -0.4 is 20.3 Å². The van der Waals surface area contributed by atoms with Gasteiger partial charge in [-0.25, -0.2) is 0 Å². The molecule has 2 aliphatic heterocycles. The van der Waals surface area contributed by atoms with Crippen LogP contribution >= 0.6 is 11.6 Å². The van der Waals surface area contributed by atoms with Gasteiger partial charge in [-0.05, 0) is 30.3 Å². The van der Waals surface area contributed by atoms with E-state index in [-0.39, 0.29) is 30.7 Å². The number of amides is 3. The lowest BCUT2D eigenvalue weighted by Gasteiger charge is -2.39. The van der Waals surface area contributed by atoms with Crippen LogP contribution in [0.5, 0.6) is 5.75 Å². The number of carbonyl (C=O) groups excluding carboxylic acids is 3. The van der Waals surface area contributed by atoms with Crippen LogP contribution in [-0.4, -0.2) is 86.5 Å². The summed E-state index contributed by atoms with van der Waals surface area (Å²) in [7, 11) is 1.65. The first-order valence-electron chi connectivity index (χ1n) is 11.7. The van der Waals surface area contributed by atoms with Crippen LogP contribution in [0.1, 0.15) is 6.42 Å². The van der Waals surface area contributed by atoms with Gasteiger partial charge in [0.15, 0.2) is 0 Å². The highest BCUT2D eigenvalue weighted by Gasteiger charge is 2.35. The van der Waals surface area contributed by atoms with Crippen LogP contribution in [0.2, 0.25) is 5.02 Å². The minimum Gasteiger partial charge on any atom is -0.497 e. The third-order valence-electron chi connectivity index (χ3n) is 6.29. The molecule has 186 valence electrons. The van der Waals surface area contributed by atoms with Gasteiger partial charge in [-0.3, -0.25) is 19.3 Å². The minimum atomic E-state index is -0.839. The molecule has 0 saturated carbocycles. The molecule has 2 heterocycles. The highest BCUT2D eigenvalue weighted by Crippen LogP contribution is 2.22. The number of benzene rings is 2. The topological polar surface area (TPSA) is 94.2 Å². The third-order valence-corrected chi connectivity index (χ3v) is 6.52. The van der Waals surface area contributed by atoms with Gasteiger partial charge in [0.05, 0.1) is 20.1 Å². The van der Waals surface area contributed by atoms with Crippen molar-refractivity contribution in [3.05, 3.63) is 53.6 Å². The van der Waals surface area contributed by atoms with Crippen molar-refractivity contribution in [3.63, 3.8) is 0 Å². The van der Waals surface area contributed by atoms with Gasteiger partial charge in [0, 0.05) is 61.7 Å². The highest BCUT2D eigenvalue weighted by atomic mass is 35.5. The van der Waals surface area contributed by atoms with Gasteiger partial charge in [-0.2, -0.15) is 0 Å². The van der Waals surface area contributed by atoms with Gasteiger partial charge in [0.25, 0.3) is 0 Å². The summed E-state index contributed by atoms with van der Waals surface area (Å²) >= 11 is 5.98. The fourth-order valence-corrected chi connectivity index (χ4v) is 4.61. The maximum atomic E-state index is 13.2. The predicted octanol–water partition coefficient (Wildman–Crippen LogP) is 1.83. The summed E-state index contributed by atoms with van der Waals surface area (Å²) < 4.78 is 5.32. The van der Waals surface area contributed by atoms with E-state index in [1.54, 1.807) is 31.4 Å². The molecular formula is C25H30ClN5O4. The van der Waals surface area contributed by atoms with Crippen LogP contribution in [0, 0.1) is 0 Å². The molecule has 0 radical (unpaired) electrons. The summed E-state index contributed by atoms with van der Waals surface area (Å²) in [5.74, 6) is 0.0110. The normalized spacial score (nSPS) is 18.7. The van der Waals surface area contributed by atoms with Crippen molar-refractivity contribution in [1.29, 1.82) is 0 Å². The summed E-state index contributed by atoms with van der Waals surface area (Å²) in [4.78, 5) is 44.2. The second-order valence-electron chi connectivity index (χ2n) is 8.62. The Morgan fingerprint density at radius 2 is 1.86 bits per heavy atom. The lowest BCUT2D eigenvalue weighted by Crippen LogP contribution is -2.60. The summed E-state index contributed by atoms with van der Waals surface area (Å²) in [5, 5.41) is 6.02. The number of ether oxygens (including phenoxy) is 1.